The van der Waals surface area contributed by atoms with Crippen LogP contribution in [0.2, 0.25) is 0 Å². The van der Waals surface area contributed by atoms with Gasteiger partial charge in [-0.1, -0.05) is 6.92 Å². The minimum Gasteiger partial charge on any atom is -0.481 e. The van der Waals surface area contributed by atoms with Crippen molar-refractivity contribution < 1.29 is 19.4 Å². The van der Waals surface area contributed by atoms with E-state index in [1.54, 1.807) is 6.92 Å². The fourth-order valence-electron chi connectivity index (χ4n) is 1.56. The van der Waals surface area contributed by atoms with Crippen LogP contribution in [0.3, 0.4) is 0 Å². The van der Waals surface area contributed by atoms with Crippen LogP contribution in [0, 0.1) is 5.92 Å². The maximum absolute atomic E-state index is 11.7. The molecule has 0 saturated carbocycles. The van der Waals surface area contributed by atoms with E-state index in [-0.39, 0.29) is 19.1 Å². The zero-order chi connectivity index (χ0) is 12.2. The average Bonchev–Trinajstić information content (AvgIpc) is 2.66. The van der Waals surface area contributed by atoms with Crippen LogP contribution in [0.1, 0.15) is 19.8 Å². The molecule has 6 nitrogen and oxygen atoms in total. The summed E-state index contributed by atoms with van der Waals surface area (Å²) in [7, 11) is 0. The highest BCUT2D eigenvalue weighted by Crippen LogP contribution is 2.15. The molecule has 2 unspecified atom stereocenters. The Hall–Kier alpha value is -1.14. The van der Waals surface area contributed by atoms with Gasteiger partial charge in [0, 0.05) is 13.2 Å². The van der Waals surface area contributed by atoms with Crippen LogP contribution in [0.4, 0.5) is 0 Å². The van der Waals surface area contributed by atoms with E-state index >= 15 is 0 Å². The molecule has 0 aromatic heterocycles. The molecule has 6 heteroatoms. The van der Waals surface area contributed by atoms with E-state index in [9.17, 15) is 9.59 Å². The number of ether oxygens (including phenoxy) is 1. The number of rotatable bonds is 5. The van der Waals surface area contributed by atoms with Crippen molar-refractivity contribution in [1.29, 1.82) is 0 Å². The van der Waals surface area contributed by atoms with Crippen molar-refractivity contribution in [2.75, 3.05) is 19.8 Å². The van der Waals surface area contributed by atoms with Crippen LogP contribution < -0.4 is 11.1 Å². The van der Waals surface area contributed by atoms with Crippen LogP contribution in [-0.4, -0.2) is 42.3 Å². The predicted molar refractivity (Wildman–Crippen MR) is 56.8 cm³/mol. The molecular weight excluding hydrogens is 212 g/mol. The molecule has 1 rings (SSSR count). The Kier molecular flexibility index (Phi) is 4.26. The summed E-state index contributed by atoms with van der Waals surface area (Å²) in [5, 5.41) is 11.4. The molecule has 92 valence electrons. The lowest BCUT2D eigenvalue weighted by molar-refractivity contribution is -0.141. The summed E-state index contributed by atoms with van der Waals surface area (Å²) in [6.45, 7) is 2.55. The third kappa shape index (κ3) is 2.93. The van der Waals surface area contributed by atoms with Crippen LogP contribution in [0.25, 0.3) is 0 Å². The number of carbonyl (C=O) groups is 2. The highest BCUT2D eigenvalue weighted by molar-refractivity contribution is 5.87. The van der Waals surface area contributed by atoms with E-state index in [1.807, 2.05) is 0 Å². The SMILES string of the molecule is CCC(CNC(=O)C1(N)CCOC1)C(=O)O. The number of hydrogen-bond acceptors (Lipinski definition) is 4. The van der Waals surface area contributed by atoms with Crippen molar-refractivity contribution in [2.24, 2.45) is 11.7 Å². The third-order valence-corrected chi connectivity index (χ3v) is 2.86. The van der Waals surface area contributed by atoms with Crippen LogP contribution in [0.15, 0.2) is 0 Å². The molecule has 2 atom stereocenters. The van der Waals surface area contributed by atoms with Gasteiger partial charge in [0.2, 0.25) is 5.91 Å². The Labute approximate surface area is 94.1 Å². The van der Waals surface area contributed by atoms with Crippen molar-refractivity contribution in [3.05, 3.63) is 0 Å². The van der Waals surface area contributed by atoms with Gasteiger partial charge >= 0.3 is 5.97 Å². The molecule has 0 radical (unpaired) electrons. The zero-order valence-corrected chi connectivity index (χ0v) is 9.36. The lowest BCUT2D eigenvalue weighted by atomic mass is 9.98. The average molecular weight is 230 g/mol. The summed E-state index contributed by atoms with van der Waals surface area (Å²) in [4.78, 5) is 22.4. The molecule has 16 heavy (non-hydrogen) atoms. The van der Waals surface area contributed by atoms with Gasteiger partial charge in [0.1, 0.15) is 5.54 Å². The molecule has 1 aliphatic rings. The number of carbonyl (C=O) groups excluding carboxylic acids is 1. The quantitative estimate of drug-likeness (QED) is 0.581. The molecule has 1 saturated heterocycles. The number of amides is 1. The first kappa shape index (κ1) is 12.9. The maximum Gasteiger partial charge on any atom is 0.308 e. The van der Waals surface area contributed by atoms with Gasteiger partial charge in [-0.2, -0.15) is 0 Å². The fraction of sp³-hybridized carbons (Fsp3) is 0.800. The van der Waals surface area contributed by atoms with Crippen molar-refractivity contribution in [1.82, 2.24) is 5.32 Å². The largest absolute Gasteiger partial charge is 0.481 e. The van der Waals surface area contributed by atoms with Gasteiger partial charge in [-0.25, -0.2) is 0 Å². The van der Waals surface area contributed by atoms with Gasteiger partial charge in [0.25, 0.3) is 0 Å². The Morgan fingerprint density at radius 1 is 1.62 bits per heavy atom. The minimum absolute atomic E-state index is 0.115. The molecule has 1 amide bonds. The summed E-state index contributed by atoms with van der Waals surface area (Å²) in [6.07, 6.45) is 0.951. The predicted octanol–water partition coefficient (Wildman–Crippen LogP) is -0.669. The highest BCUT2D eigenvalue weighted by atomic mass is 16.5. The molecule has 4 N–H and O–H groups in total. The van der Waals surface area contributed by atoms with Crippen molar-refractivity contribution in [2.45, 2.75) is 25.3 Å². The summed E-state index contributed by atoms with van der Waals surface area (Å²) in [6, 6.07) is 0. The lowest BCUT2D eigenvalue weighted by Crippen LogP contribution is -2.55. The molecule has 0 bridgehead atoms. The Morgan fingerprint density at radius 3 is 2.75 bits per heavy atom. The molecular formula is C10H18N2O4. The smallest absolute Gasteiger partial charge is 0.308 e. The molecule has 0 aromatic rings. The molecule has 0 aliphatic carbocycles. The Bertz CT molecular complexity index is 274. The first-order chi connectivity index (χ1) is 7.49. The third-order valence-electron chi connectivity index (χ3n) is 2.86. The van der Waals surface area contributed by atoms with Crippen LogP contribution in [0.5, 0.6) is 0 Å². The fourth-order valence-corrected chi connectivity index (χ4v) is 1.56. The highest BCUT2D eigenvalue weighted by Gasteiger charge is 2.38. The number of aliphatic carboxylic acids is 1. The lowest BCUT2D eigenvalue weighted by Gasteiger charge is -2.21. The number of nitrogens with one attached hydrogen (secondary N) is 1. The van der Waals surface area contributed by atoms with Crippen molar-refractivity contribution in [3.8, 4) is 0 Å². The number of nitrogens with two attached hydrogens (primary N) is 1. The summed E-state index contributed by atoms with van der Waals surface area (Å²) in [5.41, 5.74) is 4.83. The standard InChI is InChI=1S/C10H18N2O4/c1-2-7(8(13)14)5-12-9(15)10(11)3-4-16-6-10/h7H,2-6,11H2,1H3,(H,12,15)(H,13,14). The van der Waals surface area contributed by atoms with E-state index in [0.29, 0.717) is 19.4 Å². The minimum atomic E-state index is -0.989. The van der Waals surface area contributed by atoms with Gasteiger partial charge in [0.05, 0.1) is 12.5 Å². The van der Waals surface area contributed by atoms with Gasteiger partial charge in [-0.3, -0.25) is 9.59 Å². The number of carboxylic acids is 1. The zero-order valence-electron chi connectivity index (χ0n) is 9.36. The van der Waals surface area contributed by atoms with Gasteiger partial charge in [0.15, 0.2) is 0 Å². The van der Waals surface area contributed by atoms with E-state index < -0.39 is 17.4 Å². The maximum atomic E-state index is 11.7. The second kappa shape index (κ2) is 5.27. The topological polar surface area (TPSA) is 102 Å². The van der Waals surface area contributed by atoms with E-state index in [2.05, 4.69) is 5.32 Å². The first-order valence-corrected chi connectivity index (χ1v) is 5.37. The molecule has 1 aliphatic heterocycles. The van der Waals surface area contributed by atoms with Crippen LogP contribution >= 0.6 is 0 Å². The summed E-state index contributed by atoms with van der Waals surface area (Å²) in [5.74, 6) is -1.80. The summed E-state index contributed by atoms with van der Waals surface area (Å²) >= 11 is 0. The summed E-state index contributed by atoms with van der Waals surface area (Å²) < 4.78 is 5.06. The van der Waals surface area contributed by atoms with Gasteiger partial charge in [-0.15, -0.1) is 0 Å². The normalized spacial score (nSPS) is 26.4. The van der Waals surface area contributed by atoms with Crippen LogP contribution in [-0.2, 0) is 14.3 Å². The Balaban J connectivity index is 2.42. The second-order valence-electron chi connectivity index (χ2n) is 4.11. The second-order valence-corrected chi connectivity index (χ2v) is 4.11. The van der Waals surface area contributed by atoms with Crippen molar-refractivity contribution in [3.63, 3.8) is 0 Å². The molecule has 1 heterocycles. The number of hydrogen-bond donors (Lipinski definition) is 3. The van der Waals surface area contributed by atoms with Gasteiger partial charge < -0.3 is 20.9 Å². The van der Waals surface area contributed by atoms with E-state index in [4.69, 9.17) is 15.6 Å². The van der Waals surface area contributed by atoms with Crippen molar-refractivity contribution >= 4 is 11.9 Å². The molecule has 0 aromatic carbocycles. The monoisotopic (exact) mass is 230 g/mol. The van der Waals surface area contributed by atoms with E-state index in [1.165, 1.54) is 0 Å². The van der Waals surface area contributed by atoms with E-state index in [0.717, 1.165) is 0 Å². The van der Waals surface area contributed by atoms with Gasteiger partial charge in [-0.05, 0) is 12.8 Å². The molecule has 1 fully saturated rings. The number of carboxylic acid groups (broad SMARTS) is 1. The Morgan fingerprint density at radius 2 is 2.31 bits per heavy atom. The molecule has 0 spiro atoms. The first-order valence-electron chi connectivity index (χ1n) is 5.37.